The van der Waals surface area contributed by atoms with Crippen LogP contribution in [0.1, 0.15) is 38.2 Å². The number of ether oxygens (including phenoxy) is 1. The summed E-state index contributed by atoms with van der Waals surface area (Å²) in [6, 6.07) is -0.0131. The van der Waals surface area contributed by atoms with E-state index in [9.17, 15) is 9.59 Å². The topological polar surface area (TPSA) is 95.9 Å². The van der Waals surface area contributed by atoms with Crippen molar-refractivity contribution in [2.45, 2.75) is 39.3 Å². The zero-order chi connectivity index (χ0) is 18.1. The summed E-state index contributed by atoms with van der Waals surface area (Å²) in [6.07, 6.45) is 2.34. The molecule has 2 rings (SSSR count). The molecule has 0 saturated carbocycles. The molecule has 1 aromatic rings. The smallest absolute Gasteiger partial charge is 0.410 e. The number of nitrogens with zero attached hydrogens (tertiary/aromatic N) is 4. The van der Waals surface area contributed by atoms with Crippen molar-refractivity contribution in [3.63, 3.8) is 0 Å². The van der Waals surface area contributed by atoms with Crippen LogP contribution in [-0.4, -0.2) is 63.8 Å². The Balaban J connectivity index is 2.06. The van der Waals surface area contributed by atoms with Crippen LogP contribution in [0.3, 0.4) is 0 Å². The molecule has 1 fully saturated rings. The Bertz CT molecular complexity index is 611. The molecule has 1 saturated heterocycles. The summed E-state index contributed by atoms with van der Waals surface area (Å²) >= 11 is 0. The van der Waals surface area contributed by atoms with Crippen LogP contribution in [0.2, 0.25) is 0 Å². The first-order valence-corrected chi connectivity index (χ1v) is 7.84. The second-order valence-corrected chi connectivity index (χ2v) is 7.11. The number of aromatic nitrogens is 2. The third-order valence-corrected chi connectivity index (χ3v) is 3.93. The number of anilines is 1. The van der Waals surface area contributed by atoms with Crippen LogP contribution in [0.25, 0.3) is 0 Å². The molecule has 0 aliphatic carbocycles. The van der Waals surface area contributed by atoms with Crippen LogP contribution in [-0.2, 0) is 4.74 Å². The number of carboxylic acid groups (broad SMARTS) is 1. The van der Waals surface area contributed by atoms with Crippen LogP contribution in [0.15, 0.2) is 12.4 Å². The van der Waals surface area contributed by atoms with Gasteiger partial charge in [0, 0.05) is 20.1 Å². The summed E-state index contributed by atoms with van der Waals surface area (Å²) in [5, 5.41) is 8.88. The van der Waals surface area contributed by atoms with E-state index in [1.54, 1.807) is 11.9 Å². The second kappa shape index (κ2) is 6.62. The van der Waals surface area contributed by atoms with Crippen LogP contribution in [0, 0.1) is 5.92 Å². The highest BCUT2D eigenvalue weighted by Crippen LogP contribution is 2.26. The number of hydrogen-bond donors (Lipinski definition) is 1. The molecule has 0 spiro atoms. The highest BCUT2D eigenvalue weighted by atomic mass is 16.6. The predicted octanol–water partition coefficient (Wildman–Crippen LogP) is 1.87. The molecule has 2 atom stereocenters. The van der Waals surface area contributed by atoms with Gasteiger partial charge in [0.1, 0.15) is 11.4 Å². The minimum atomic E-state index is -1.11. The minimum absolute atomic E-state index is 0.0131. The van der Waals surface area contributed by atoms with Crippen molar-refractivity contribution in [1.29, 1.82) is 0 Å². The quantitative estimate of drug-likeness (QED) is 0.900. The maximum atomic E-state index is 12.2. The van der Waals surface area contributed by atoms with Crippen molar-refractivity contribution in [3.8, 4) is 0 Å². The Morgan fingerprint density at radius 2 is 1.96 bits per heavy atom. The standard InChI is InChI=1S/C16H24N4O4/c1-10-8-20(13-7-17-11(6-18-13)14(21)22)9-12(10)19(5)15(23)24-16(2,3)4/h6-7,10,12H,8-9H2,1-5H3,(H,21,22)/t10-,12+/m1/s1. The van der Waals surface area contributed by atoms with Gasteiger partial charge in [-0.1, -0.05) is 6.92 Å². The summed E-state index contributed by atoms with van der Waals surface area (Å²) in [5.41, 5.74) is -0.626. The maximum Gasteiger partial charge on any atom is 0.410 e. The van der Waals surface area contributed by atoms with Crippen LogP contribution in [0.4, 0.5) is 10.6 Å². The Labute approximate surface area is 141 Å². The third kappa shape index (κ3) is 4.12. The molecular weight excluding hydrogens is 312 g/mol. The van der Waals surface area contributed by atoms with Gasteiger partial charge in [-0.15, -0.1) is 0 Å². The Morgan fingerprint density at radius 3 is 2.46 bits per heavy atom. The molecular formula is C16H24N4O4. The SMILES string of the molecule is C[C@@H]1CN(c2cnc(C(=O)O)cn2)C[C@@H]1N(C)C(=O)OC(C)(C)C. The summed E-state index contributed by atoms with van der Waals surface area (Å²) < 4.78 is 5.42. The third-order valence-electron chi connectivity index (χ3n) is 3.93. The number of likely N-dealkylation sites (N-methyl/N-ethyl adjacent to an activating group) is 1. The van der Waals surface area contributed by atoms with Gasteiger partial charge >= 0.3 is 12.1 Å². The summed E-state index contributed by atoms with van der Waals surface area (Å²) in [6.45, 7) is 8.87. The molecule has 1 amide bonds. The predicted molar refractivity (Wildman–Crippen MR) is 88.2 cm³/mol. The average molecular weight is 336 g/mol. The Hall–Kier alpha value is -2.38. The second-order valence-electron chi connectivity index (χ2n) is 7.11. The number of carbonyl (C=O) groups is 2. The van der Waals surface area contributed by atoms with Crippen LogP contribution in [0.5, 0.6) is 0 Å². The first kappa shape index (κ1) is 18.0. The average Bonchev–Trinajstić information content (AvgIpc) is 2.86. The van der Waals surface area contributed by atoms with Gasteiger partial charge in [-0.05, 0) is 26.7 Å². The van der Waals surface area contributed by atoms with Gasteiger partial charge in [0.2, 0.25) is 0 Å². The summed E-state index contributed by atoms with van der Waals surface area (Å²) in [7, 11) is 1.73. The van der Waals surface area contributed by atoms with E-state index >= 15 is 0 Å². The number of aromatic carboxylic acids is 1. The molecule has 8 nitrogen and oxygen atoms in total. The number of carboxylic acids is 1. The fourth-order valence-corrected chi connectivity index (χ4v) is 2.71. The van der Waals surface area contributed by atoms with Gasteiger partial charge < -0.3 is 19.6 Å². The number of carbonyl (C=O) groups excluding carboxylic acids is 1. The van der Waals surface area contributed by atoms with E-state index in [2.05, 4.69) is 16.9 Å². The van der Waals surface area contributed by atoms with E-state index in [0.717, 1.165) is 0 Å². The van der Waals surface area contributed by atoms with Crippen molar-refractivity contribution in [3.05, 3.63) is 18.1 Å². The number of hydrogen-bond acceptors (Lipinski definition) is 6. The van der Waals surface area contributed by atoms with Gasteiger partial charge in [0.15, 0.2) is 5.69 Å². The Morgan fingerprint density at radius 1 is 1.29 bits per heavy atom. The van der Waals surface area contributed by atoms with Crippen molar-refractivity contribution in [1.82, 2.24) is 14.9 Å². The van der Waals surface area contributed by atoms with E-state index in [0.29, 0.717) is 18.9 Å². The van der Waals surface area contributed by atoms with Crippen LogP contribution >= 0.6 is 0 Å². The lowest BCUT2D eigenvalue weighted by atomic mass is 10.1. The lowest BCUT2D eigenvalue weighted by molar-refractivity contribution is 0.0208. The fraction of sp³-hybridized carbons (Fsp3) is 0.625. The van der Waals surface area contributed by atoms with Gasteiger partial charge in [0.25, 0.3) is 0 Å². The number of amides is 1. The van der Waals surface area contributed by atoms with E-state index < -0.39 is 11.6 Å². The van der Waals surface area contributed by atoms with E-state index in [1.807, 2.05) is 25.7 Å². The zero-order valence-electron chi connectivity index (χ0n) is 14.7. The molecule has 0 unspecified atom stereocenters. The zero-order valence-corrected chi connectivity index (χ0v) is 14.7. The largest absolute Gasteiger partial charge is 0.476 e. The summed E-state index contributed by atoms with van der Waals surface area (Å²) in [4.78, 5) is 34.8. The lowest BCUT2D eigenvalue weighted by Crippen LogP contribution is -2.44. The maximum absolute atomic E-state index is 12.2. The molecule has 0 aromatic carbocycles. The normalized spacial score (nSPS) is 20.8. The first-order valence-electron chi connectivity index (χ1n) is 7.84. The molecule has 1 N–H and O–H groups in total. The van der Waals surface area contributed by atoms with Crippen molar-refractivity contribution in [2.75, 3.05) is 25.0 Å². The first-order chi connectivity index (χ1) is 11.1. The van der Waals surface area contributed by atoms with E-state index in [1.165, 1.54) is 12.4 Å². The van der Waals surface area contributed by atoms with Gasteiger partial charge in [-0.25, -0.2) is 19.6 Å². The van der Waals surface area contributed by atoms with Crippen molar-refractivity contribution < 1.29 is 19.4 Å². The van der Waals surface area contributed by atoms with Crippen molar-refractivity contribution >= 4 is 17.9 Å². The Kier molecular flexibility index (Phi) is 4.96. The molecule has 24 heavy (non-hydrogen) atoms. The number of rotatable bonds is 3. The molecule has 1 aliphatic rings. The molecule has 0 radical (unpaired) electrons. The summed E-state index contributed by atoms with van der Waals surface area (Å²) in [5.74, 6) is -0.276. The monoisotopic (exact) mass is 336 g/mol. The van der Waals surface area contributed by atoms with E-state index in [4.69, 9.17) is 9.84 Å². The molecule has 1 aliphatic heterocycles. The fourth-order valence-electron chi connectivity index (χ4n) is 2.71. The van der Waals surface area contributed by atoms with Crippen LogP contribution < -0.4 is 4.90 Å². The highest BCUT2D eigenvalue weighted by Gasteiger charge is 2.36. The molecule has 8 heteroatoms. The lowest BCUT2D eigenvalue weighted by Gasteiger charge is -2.30. The molecule has 0 bridgehead atoms. The molecule has 2 heterocycles. The highest BCUT2D eigenvalue weighted by molar-refractivity contribution is 5.84. The molecule has 1 aromatic heterocycles. The van der Waals surface area contributed by atoms with Crippen molar-refractivity contribution in [2.24, 2.45) is 5.92 Å². The van der Waals surface area contributed by atoms with Gasteiger partial charge in [-0.2, -0.15) is 0 Å². The minimum Gasteiger partial charge on any atom is -0.476 e. The molecule has 132 valence electrons. The van der Waals surface area contributed by atoms with E-state index in [-0.39, 0.29) is 23.7 Å². The van der Waals surface area contributed by atoms with Gasteiger partial charge in [-0.3, -0.25) is 0 Å². The van der Waals surface area contributed by atoms with Gasteiger partial charge in [0.05, 0.1) is 18.4 Å².